The van der Waals surface area contributed by atoms with Crippen molar-refractivity contribution in [3.8, 4) is 0 Å². The molecule has 11 nitrogen and oxygen atoms in total. The number of hydrogen-bond acceptors (Lipinski definition) is 10. The van der Waals surface area contributed by atoms with Gasteiger partial charge in [-0.1, -0.05) is 6.92 Å². The van der Waals surface area contributed by atoms with Crippen LogP contribution in [0.15, 0.2) is 0 Å². The van der Waals surface area contributed by atoms with E-state index in [-0.39, 0.29) is 6.42 Å². The van der Waals surface area contributed by atoms with Crippen molar-refractivity contribution in [2.75, 3.05) is 0 Å². The smallest absolute Gasteiger partial charge is 0.223 e. The average Bonchev–Trinajstić information content (AvgIpc) is 2.61. The van der Waals surface area contributed by atoms with E-state index in [1.54, 1.807) is 0 Å². The van der Waals surface area contributed by atoms with Crippen molar-refractivity contribution >= 4 is 34.8 Å². The van der Waals surface area contributed by atoms with Crippen LogP contribution < -0.4 is 5.32 Å². The van der Waals surface area contributed by atoms with Gasteiger partial charge in [-0.15, -0.1) is 0 Å². The Labute approximate surface area is 160 Å². The molecule has 5 N–H and O–H groups in total. The molecule has 1 amide bonds. The summed E-state index contributed by atoms with van der Waals surface area (Å²) in [5, 5.41) is 43.8. The van der Waals surface area contributed by atoms with Crippen LogP contribution in [-0.4, -0.2) is 84.7 Å². The summed E-state index contributed by atoms with van der Waals surface area (Å²) in [6.45, 7) is 4.11. The summed E-state index contributed by atoms with van der Waals surface area (Å²) in [6, 6.07) is -2.47. The molecule has 0 rings (SSSR count). The van der Waals surface area contributed by atoms with Crippen LogP contribution in [0.25, 0.3) is 0 Å². The van der Waals surface area contributed by atoms with Gasteiger partial charge < -0.3 is 25.7 Å². The molecule has 0 aromatic heterocycles. The lowest BCUT2D eigenvalue weighted by Gasteiger charge is -2.46. The normalized spacial score (nSPS) is 18.6. The number of amides is 1. The van der Waals surface area contributed by atoms with E-state index in [0.717, 1.165) is 13.8 Å². The second-order valence-electron chi connectivity index (χ2n) is 6.42. The Morgan fingerprint density at radius 2 is 1.29 bits per heavy atom. The fraction of sp³-hybridized carbons (Fsp3) is 0.647. The molecule has 0 aliphatic rings. The first-order valence-corrected chi connectivity index (χ1v) is 8.28. The largest absolute Gasteiger partial charge is 0.386 e. The van der Waals surface area contributed by atoms with Crippen LogP contribution in [0, 0.1) is 0 Å². The van der Waals surface area contributed by atoms with Crippen molar-refractivity contribution in [3.05, 3.63) is 0 Å². The van der Waals surface area contributed by atoms with E-state index in [9.17, 15) is 49.2 Å². The Kier molecular flexibility index (Phi) is 8.46. The molecule has 0 radical (unpaired) electrons. The van der Waals surface area contributed by atoms with Crippen molar-refractivity contribution in [2.24, 2.45) is 0 Å². The molecule has 5 atom stereocenters. The topological polar surface area (TPSA) is 195 Å². The highest BCUT2D eigenvalue weighted by Gasteiger charge is 2.67. The number of rotatable bonds is 11. The van der Waals surface area contributed by atoms with Gasteiger partial charge in [-0.05, 0) is 20.8 Å². The standard InChI is InChI=1S/C17H25NO10/c1-6-11(23)18-14(12(24)7(2)19)16(27,9(4)21)17(28,10(5)22)15(26)13(25)8(3)20/h13-15,25-28H,6H2,1-5H3,(H,18,23)/t13?,14-,15-,16-,17-/m1/s1. The minimum atomic E-state index is -3.62. The van der Waals surface area contributed by atoms with Crippen LogP contribution in [0.1, 0.15) is 41.0 Å². The molecule has 0 saturated carbocycles. The maximum atomic E-state index is 12.3. The zero-order valence-electron chi connectivity index (χ0n) is 16.2. The summed E-state index contributed by atoms with van der Waals surface area (Å²) in [5.41, 5.74) is -7.21. The minimum absolute atomic E-state index is 0.271. The number of aliphatic hydroxyl groups excluding tert-OH is 2. The third-order valence-corrected chi connectivity index (χ3v) is 4.45. The number of aliphatic hydroxyl groups is 4. The molecule has 0 aromatic rings. The van der Waals surface area contributed by atoms with Gasteiger partial charge in [0, 0.05) is 13.3 Å². The maximum absolute atomic E-state index is 12.3. The van der Waals surface area contributed by atoms with Crippen LogP contribution in [0.5, 0.6) is 0 Å². The van der Waals surface area contributed by atoms with Gasteiger partial charge >= 0.3 is 0 Å². The first-order valence-electron chi connectivity index (χ1n) is 8.28. The fourth-order valence-corrected chi connectivity index (χ4v) is 2.67. The van der Waals surface area contributed by atoms with Crippen molar-refractivity contribution in [2.45, 2.75) is 70.5 Å². The summed E-state index contributed by atoms with van der Waals surface area (Å²) in [6.07, 6.45) is -5.47. The number of Topliss-reactive ketones (excluding diaryl/α,β-unsaturated/α-hetero) is 5. The van der Waals surface area contributed by atoms with Gasteiger partial charge in [0.15, 0.2) is 34.3 Å². The zero-order valence-corrected chi connectivity index (χ0v) is 16.2. The van der Waals surface area contributed by atoms with Gasteiger partial charge in [-0.25, -0.2) is 0 Å². The molecule has 158 valence electrons. The Morgan fingerprint density at radius 3 is 1.57 bits per heavy atom. The summed E-state index contributed by atoms with van der Waals surface area (Å²) in [5.74, 6) is -7.87. The van der Waals surface area contributed by atoms with Crippen LogP contribution >= 0.6 is 0 Å². The quantitative estimate of drug-likeness (QED) is 0.222. The molecule has 28 heavy (non-hydrogen) atoms. The lowest BCUT2D eigenvalue weighted by atomic mass is 9.66. The van der Waals surface area contributed by atoms with Crippen LogP contribution in [0.4, 0.5) is 0 Å². The number of carbonyl (C=O) groups excluding carboxylic acids is 6. The van der Waals surface area contributed by atoms with E-state index >= 15 is 0 Å². The molecule has 0 spiro atoms. The van der Waals surface area contributed by atoms with Crippen LogP contribution in [0.2, 0.25) is 0 Å². The Hall–Kier alpha value is -2.34. The van der Waals surface area contributed by atoms with E-state index in [1.165, 1.54) is 6.92 Å². The molecule has 0 aliphatic carbocycles. The van der Waals surface area contributed by atoms with Gasteiger partial charge in [-0.3, -0.25) is 28.8 Å². The second kappa shape index (κ2) is 9.24. The van der Waals surface area contributed by atoms with Crippen molar-refractivity contribution in [3.63, 3.8) is 0 Å². The van der Waals surface area contributed by atoms with E-state index in [0.29, 0.717) is 13.8 Å². The van der Waals surface area contributed by atoms with Crippen LogP contribution in [-0.2, 0) is 28.8 Å². The van der Waals surface area contributed by atoms with Crippen molar-refractivity contribution in [1.29, 1.82) is 0 Å². The Balaban J connectivity index is 6.94. The molecule has 11 heteroatoms. The summed E-state index contributed by atoms with van der Waals surface area (Å²) >= 11 is 0. The summed E-state index contributed by atoms with van der Waals surface area (Å²) in [7, 11) is 0. The number of hydrogen-bond donors (Lipinski definition) is 5. The van der Waals surface area contributed by atoms with E-state index in [1.807, 2.05) is 5.32 Å². The zero-order chi connectivity index (χ0) is 22.6. The molecule has 0 fully saturated rings. The third-order valence-electron chi connectivity index (χ3n) is 4.45. The lowest BCUT2D eigenvalue weighted by molar-refractivity contribution is -0.221. The lowest BCUT2D eigenvalue weighted by Crippen LogP contribution is -2.79. The molecule has 0 aliphatic heterocycles. The fourth-order valence-electron chi connectivity index (χ4n) is 2.67. The van der Waals surface area contributed by atoms with E-state index < -0.39 is 64.3 Å². The number of ketones is 5. The van der Waals surface area contributed by atoms with Crippen molar-refractivity contribution in [1.82, 2.24) is 5.32 Å². The van der Waals surface area contributed by atoms with Gasteiger partial charge in [0.2, 0.25) is 11.7 Å². The van der Waals surface area contributed by atoms with Gasteiger partial charge in [0.05, 0.1) is 0 Å². The molecule has 0 aromatic carbocycles. The highest BCUT2D eigenvalue weighted by Crippen LogP contribution is 2.34. The van der Waals surface area contributed by atoms with Gasteiger partial charge in [-0.2, -0.15) is 0 Å². The van der Waals surface area contributed by atoms with Crippen molar-refractivity contribution < 1.29 is 49.2 Å². The molecular formula is C17H25NO10. The first-order chi connectivity index (χ1) is 12.6. The predicted molar refractivity (Wildman–Crippen MR) is 91.9 cm³/mol. The summed E-state index contributed by atoms with van der Waals surface area (Å²) in [4.78, 5) is 71.6. The number of nitrogens with one attached hydrogen (secondary N) is 1. The van der Waals surface area contributed by atoms with Crippen LogP contribution in [0.3, 0.4) is 0 Å². The number of carbonyl (C=O) groups is 6. The second-order valence-corrected chi connectivity index (χ2v) is 6.42. The van der Waals surface area contributed by atoms with E-state index in [4.69, 9.17) is 0 Å². The highest BCUT2D eigenvalue weighted by molar-refractivity contribution is 6.39. The van der Waals surface area contributed by atoms with Gasteiger partial charge in [0.25, 0.3) is 0 Å². The summed E-state index contributed by atoms with van der Waals surface area (Å²) < 4.78 is 0. The SMILES string of the molecule is CCC(=O)N[C@H](C(=O)C(C)=O)[C@](O)(C(C)=O)[C@@](O)(C(C)=O)[C@H](O)C(O)C(C)=O. The monoisotopic (exact) mass is 403 g/mol. The van der Waals surface area contributed by atoms with Gasteiger partial charge in [0.1, 0.15) is 18.2 Å². The Bertz CT molecular complexity index is 702. The first kappa shape index (κ1) is 25.7. The third kappa shape index (κ3) is 4.38. The predicted octanol–water partition coefficient (Wildman–Crippen LogP) is -3.01. The molecule has 0 heterocycles. The Morgan fingerprint density at radius 1 is 0.857 bits per heavy atom. The maximum Gasteiger partial charge on any atom is 0.223 e. The van der Waals surface area contributed by atoms with E-state index in [2.05, 4.69) is 0 Å². The average molecular weight is 403 g/mol. The highest BCUT2D eigenvalue weighted by atomic mass is 16.4. The minimum Gasteiger partial charge on any atom is -0.386 e. The molecule has 0 saturated heterocycles. The molecule has 0 bridgehead atoms. The molecular weight excluding hydrogens is 378 g/mol. The molecule has 1 unspecified atom stereocenters.